The molecule has 1 aliphatic heterocycles. The zero-order valence-electron chi connectivity index (χ0n) is 9.46. The van der Waals surface area contributed by atoms with Gasteiger partial charge in [0.2, 0.25) is 0 Å². The van der Waals surface area contributed by atoms with Gasteiger partial charge in [-0.1, -0.05) is 6.58 Å². The molecule has 17 heavy (non-hydrogen) atoms. The predicted octanol–water partition coefficient (Wildman–Crippen LogP) is 0.611. The van der Waals surface area contributed by atoms with E-state index in [1.165, 1.54) is 0 Å². The van der Waals surface area contributed by atoms with Crippen molar-refractivity contribution in [2.24, 2.45) is 11.8 Å². The van der Waals surface area contributed by atoms with Crippen molar-refractivity contribution in [1.29, 1.82) is 0 Å². The summed E-state index contributed by atoms with van der Waals surface area (Å²) in [5.74, 6) is -0.338. The Hall–Kier alpha value is -0.880. The Morgan fingerprint density at radius 2 is 2.12 bits per heavy atom. The van der Waals surface area contributed by atoms with Crippen molar-refractivity contribution in [2.75, 3.05) is 0 Å². The van der Waals surface area contributed by atoms with Crippen molar-refractivity contribution in [2.45, 2.75) is 37.2 Å². The zero-order valence-corrected chi connectivity index (χ0v) is 10.3. The number of hydrogen-bond acceptors (Lipinski definition) is 5. The van der Waals surface area contributed by atoms with E-state index < -0.39 is 28.3 Å². The molecule has 0 aromatic carbocycles. The van der Waals surface area contributed by atoms with E-state index in [1.807, 2.05) is 0 Å². The molecule has 5 nitrogen and oxygen atoms in total. The van der Waals surface area contributed by atoms with Crippen LogP contribution in [-0.4, -0.2) is 31.8 Å². The monoisotopic (exact) mass is 258 g/mol. The molecule has 2 aliphatic carbocycles. The molecule has 1 saturated heterocycles. The molecule has 94 valence electrons. The second kappa shape index (κ2) is 3.32. The van der Waals surface area contributed by atoms with E-state index in [4.69, 9.17) is 8.92 Å². The molecule has 0 aromatic rings. The Labute approximate surface area is 99.9 Å². The third kappa shape index (κ3) is 1.47. The van der Waals surface area contributed by atoms with Gasteiger partial charge in [-0.25, -0.2) is 4.79 Å². The zero-order chi connectivity index (χ0) is 12.4. The van der Waals surface area contributed by atoms with Gasteiger partial charge in [0.15, 0.2) is 0 Å². The highest BCUT2D eigenvalue weighted by molar-refractivity contribution is 7.87. The summed E-state index contributed by atoms with van der Waals surface area (Å²) >= 11 is 0. The van der Waals surface area contributed by atoms with Crippen molar-refractivity contribution in [3.63, 3.8) is 0 Å². The molecule has 3 fully saturated rings. The maximum absolute atomic E-state index is 11.7. The molecule has 0 aromatic heterocycles. The number of rotatable bonds is 2. The minimum absolute atomic E-state index is 0.00733. The lowest BCUT2D eigenvalue weighted by molar-refractivity contribution is -0.150. The average Bonchev–Trinajstić information content (AvgIpc) is 2.81. The first-order chi connectivity index (χ1) is 7.90. The first kappa shape index (κ1) is 11.2. The second-order valence-corrected chi connectivity index (χ2v) is 6.92. The van der Waals surface area contributed by atoms with Crippen LogP contribution in [0, 0.1) is 11.8 Å². The van der Waals surface area contributed by atoms with Crippen LogP contribution < -0.4 is 0 Å². The predicted molar refractivity (Wildman–Crippen MR) is 58.5 cm³/mol. The van der Waals surface area contributed by atoms with Crippen molar-refractivity contribution in [3.05, 3.63) is 12.2 Å². The Morgan fingerprint density at radius 1 is 1.41 bits per heavy atom. The molecular formula is C11H14O5S. The highest BCUT2D eigenvalue weighted by Gasteiger charge is 2.65. The van der Waals surface area contributed by atoms with Crippen LogP contribution in [0.25, 0.3) is 0 Å². The number of fused-ring (bicyclic) bond motifs is 1. The Bertz CT molecular complexity index is 494. The highest BCUT2D eigenvalue weighted by atomic mass is 32.2. The van der Waals surface area contributed by atoms with Gasteiger partial charge < -0.3 is 4.74 Å². The minimum Gasteiger partial charge on any atom is -0.456 e. The van der Waals surface area contributed by atoms with Crippen LogP contribution in [-0.2, 0) is 23.8 Å². The van der Waals surface area contributed by atoms with Gasteiger partial charge in [0, 0.05) is 17.4 Å². The quantitative estimate of drug-likeness (QED) is 0.412. The van der Waals surface area contributed by atoms with Crippen LogP contribution in [0.3, 0.4) is 0 Å². The number of esters is 1. The van der Waals surface area contributed by atoms with Crippen LogP contribution in [0.2, 0.25) is 0 Å². The molecule has 2 saturated carbocycles. The highest BCUT2D eigenvalue weighted by Crippen LogP contribution is 2.55. The molecule has 0 N–H and O–H groups in total. The minimum atomic E-state index is -3.43. The summed E-state index contributed by atoms with van der Waals surface area (Å²) < 4.78 is 33.7. The Morgan fingerprint density at radius 3 is 2.76 bits per heavy atom. The van der Waals surface area contributed by atoms with E-state index in [0.717, 1.165) is 6.42 Å². The maximum atomic E-state index is 11.7. The molecule has 5 atom stereocenters. The van der Waals surface area contributed by atoms with Gasteiger partial charge in [-0.15, -0.1) is 0 Å². The fourth-order valence-electron chi connectivity index (χ4n) is 3.27. The van der Waals surface area contributed by atoms with E-state index >= 15 is 0 Å². The fraction of sp³-hybridized carbons (Fsp3) is 0.727. The van der Waals surface area contributed by atoms with Gasteiger partial charge in [-0.05, 0) is 19.8 Å². The number of hydrogen-bond donors (Lipinski definition) is 0. The topological polar surface area (TPSA) is 69.7 Å². The van der Waals surface area contributed by atoms with Crippen molar-refractivity contribution in [1.82, 2.24) is 0 Å². The van der Waals surface area contributed by atoms with E-state index in [0.29, 0.717) is 12.0 Å². The number of carbonyl (C=O) groups excluding carboxylic acids is 1. The lowest BCUT2D eigenvalue weighted by Crippen LogP contribution is -2.37. The van der Waals surface area contributed by atoms with Gasteiger partial charge in [-0.3, -0.25) is 4.18 Å². The summed E-state index contributed by atoms with van der Waals surface area (Å²) in [6.45, 7) is 5.09. The van der Waals surface area contributed by atoms with Crippen LogP contribution in [0.4, 0.5) is 0 Å². The third-order valence-corrected chi connectivity index (χ3v) is 5.78. The summed E-state index contributed by atoms with van der Waals surface area (Å²) in [6, 6.07) is 0. The molecule has 3 aliphatic rings. The first-order valence-corrected chi connectivity index (χ1v) is 7.16. The van der Waals surface area contributed by atoms with Crippen LogP contribution in [0.5, 0.6) is 0 Å². The lowest BCUT2D eigenvalue weighted by Gasteiger charge is -2.24. The van der Waals surface area contributed by atoms with E-state index in [1.54, 1.807) is 6.92 Å². The summed E-state index contributed by atoms with van der Waals surface area (Å²) in [5.41, 5.74) is 0.324. The normalized spacial score (nSPS) is 44.9. The molecule has 0 spiro atoms. The molecule has 1 heterocycles. The van der Waals surface area contributed by atoms with Gasteiger partial charge in [0.1, 0.15) is 12.2 Å². The number of carbonyl (C=O) groups is 1. The summed E-state index contributed by atoms with van der Waals surface area (Å²) in [4.78, 5) is 11.5. The van der Waals surface area contributed by atoms with Crippen molar-refractivity contribution >= 4 is 16.1 Å². The first-order valence-electron chi connectivity index (χ1n) is 5.69. The molecule has 5 unspecified atom stereocenters. The molecule has 0 radical (unpaired) electrons. The molecule has 0 amide bonds. The third-order valence-electron chi connectivity index (χ3n) is 4.01. The average molecular weight is 258 g/mol. The van der Waals surface area contributed by atoms with E-state index in [-0.39, 0.29) is 17.1 Å². The van der Waals surface area contributed by atoms with E-state index in [2.05, 4.69) is 6.58 Å². The maximum Gasteiger partial charge on any atom is 0.333 e. The molecule has 6 heteroatoms. The second-order valence-electron chi connectivity index (χ2n) is 5.14. The van der Waals surface area contributed by atoms with Gasteiger partial charge in [0.05, 0.1) is 5.25 Å². The summed E-state index contributed by atoms with van der Waals surface area (Å²) in [7, 11) is -3.43. The van der Waals surface area contributed by atoms with Gasteiger partial charge >= 0.3 is 5.97 Å². The molecular weight excluding hydrogens is 244 g/mol. The standard InChI is InChI=1S/C11H14O5S/c1-5(2)11(12)15-9-6-3-7-8(4-6)17(13,14)16-10(7)9/h6-10H,1,3-4H2,2H3. The fourth-order valence-corrected chi connectivity index (χ4v) is 5.15. The molecule has 2 bridgehead atoms. The van der Waals surface area contributed by atoms with E-state index in [9.17, 15) is 13.2 Å². The summed E-state index contributed by atoms with van der Waals surface area (Å²) in [6.07, 6.45) is 0.449. The van der Waals surface area contributed by atoms with Gasteiger partial charge in [0.25, 0.3) is 10.1 Å². The summed E-state index contributed by atoms with van der Waals surface area (Å²) in [5, 5.41) is -0.378. The van der Waals surface area contributed by atoms with Crippen molar-refractivity contribution in [3.8, 4) is 0 Å². The van der Waals surface area contributed by atoms with Crippen LogP contribution >= 0.6 is 0 Å². The van der Waals surface area contributed by atoms with Crippen LogP contribution in [0.1, 0.15) is 19.8 Å². The van der Waals surface area contributed by atoms with Gasteiger partial charge in [-0.2, -0.15) is 8.42 Å². The smallest absolute Gasteiger partial charge is 0.333 e. The Balaban J connectivity index is 1.83. The van der Waals surface area contributed by atoms with Crippen LogP contribution in [0.15, 0.2) is 12.2 Å². The SMILES string of the molecule is C=C(C)C(=O)OC1C2CC3C1OS(=O)(=O)C3C2. The molecule has 3 rings (SSSR count). The largest absolute Gasteiger partial charge is 0.456 e. The van der Waals surface area contributed by atoms with Crippen molar-refractivity contribution < 1.29 is 22.1 Å². The number of ether oxygens (including phenoxy) is 1. The Kier molecular flexibility index (Phi) is 2.19. The lowest BCUT2D eigenvalue weighted by atomic mass is 9.94.